The second kappa shape index (κ2) is 44.8. The van der Waals surface area contributed by atoms with E-state index in [4.69, 9.17) is 0 Å². The van der Waals surface area contributed by atoms with Crippen LogP contribution >= 0.6 is 34.2 Å². The number of benzene rings is 1. The van der Waals surface area contributed by atoms with Crippen LogP contribution < -0.4 is 0 Å². The molecule has 0 amide bonds. The van der Waals surface area contributed by atoms with E-state index in [-0.39, 0.29) is 0 Å². The number of rotatable bonds is 0. The third kappa shape index (κ3) is 38.0. The molecule has 334 valence electrons. The van der Waals surface area contributed by atoms with E-state index in [2.05, 4.69) is 93.8 Å². The number of thiophene rings is 1. The van der Waals surface area contributed by atoms with Gasteiger partial charge in [-0.05, 0) is 89.0 Å². The maximum absolute atomic E-state index is 4.58. The van der Waals surface area contributed by atoms with E-state index in [1.54, 1.807) is 127 Å². The van der Waals surface area contributed by atoms with Gasteiger partial charge in [-0.25, -0.2) is 14.3 Å². The molecule has 0 unspecified atom stereocenters. The zero-order valence-corrected chi connectivity index (χ0v) is 37.0. The molecule has 0 bridgehead atoms. The van der Waals surface area contributed by atoms with Gasteiger partial charge in [-0.15, -0.1) is 11.3 Å². The number of aromatic amines is 5. The normalized spacial score (nSPS) is 8.31. The highest BCUT2D eigenvalue weighted by molar-refractivity contribution is 7.07. The van der Waals surface area contributed by atoms with Crippen molar-refractivity contribution in [3.05, 3.63) is 249 Å². The SMILES string of the molecule is c1c[nH]cn1.c1cc[nH]c1.c1ccc2n[nH]nc2c1.c1ccncc1.c1ccoc1.c1ccsc1.c1cn[nH]c1.c1cn[nH]n1.c1cnoc1.c1cnsc1.c1cocn1.c1cscn1. The van der Waals surface area contributed by atoms with Gasteiger partial charge >= 0.3 is 0 Å². The van der Waals surface area contributed by atoms with Crippen molar-refractivity contribution in [2.45, 2.75) is 0 Å². The first-order valence-corrected chi connectivity index (χ1v) is 21.3. The average Bonchev–Trinajstić information content (AvgIpc) is 4.23. The molecule has 0 fully saturated rings. The quantitative estimate of drug-likeness (QED) is 0.0948. The van der Waals surface area contributed by atoms with Gasteiger partial charge < -0.3 is 23.3 Å². The number of nitrogens with one attached hydrogen (secondary N) is 5. The maximum atomic E-state index is 4.58. The van der Waals surface area contributed by atoms with Gasteiger partial charge in [0.25, 0.3) is 0 Å². The molecule has 0 atom stereocenters. The molecule has 0 spiro atoms. The molecule has 13 rings (SSSR count). The van der Waals surface area contributed by atoms with Crippen molar-refractivity contribution in [1.82, 2.24) is 80.5 Å². The minimum atomic E-state index is 0.914. The van der Waals surface area contributed by atoms with E-state index < -0.39 is 0 Å². The van der Waals surface area contributed by atoms with E-state index in [0.717, 1.165) is 11.0 Å². The number of oxazole rings is 1. The summed E-state index contributed by atoms with van der Waals surface area (Å²) in [6.45, 7) is 0. The lowest BCUT2D eigenvalue weighted by molar-refractivity contribution is 0.420. The lowest BCUT2D eigenvalue weighted by Gasteiger charge is -1.78. The first-order valence-electron chi connectivity index (χ1n) is 18.6. The maximum Gasteiger partial charge on any atom is 0.180 e. The summed E-state index contributed by atoms with van der Waals surface area (Å²) < 4.78 is 17.2. The number of H-pyrrole nitrogens is 5. The Morgan fingerprint density at radius 1 is 0.431 bits per heavy atom. The number of fused-ring (bicyclic) bond motifs is 1. The highest BCUT2D eigenvalue weighted by Gasteiger charge is 1.90. The Balaban J connectivity index is 0.000000245. The zero-order valence-electron chi connectivity index (χ0n) is 34.5. The molecule has 19 nitrogen and oxygen atoms in total. The van der Waals surface area contributed by atoms with Gasteiger partial charge in [-0.1, -0.05) is 35.5 Å². The molecule has 22 heteroatoms. The minimum absolute atomic E-state index is 0.914. The van der Waals surface area contributed by atoms with Crippen LogP contribution in [0.2, 0.25) is 0 Å². The molecule has 1 aromatic carbocycles. The average molecular weight is 931 g/mol. The van der Waals surface area contributed by atoms with E-state index in [1.807, 2.05) is 125 Å². The summed E-state index contributed by atoms with van der Waals surface area (Å²) in [5.74, 6) is 0. The van der Waals surface area contributed by atoms with Crippen molar-refractivity contribution in [3.8, 4) is 0 Å². The number of furan rings is 1. The topological polar surface area (TPSA) is 260 Å². The number of para-hydroxylation sites is 2. The van der Waals surface area contributed by atoms with Crippen LogP contribution in [0.4, 0.5) is 0 Å². The van der Waals surface area contributed by atoms with Crippen LogP contribution in [-0.2, 0) is 0 Å². The number of thiazole rings is 1. The summed E-state index contributed by atoms with van der Waals surface area (Å²) in [6, 6.07) is 30.5. The summed E-state index contributed by atoms with van der Waals surface area (Å²) in [4.78, 5) is 20.4. The first kappa shape index (κ1) is 52.4. The van der Waals surface area contributed by atoms with Crippen molar-refractivity contribution in [2.24, 2.45) is 0 Å². The van der Waals surface area contributed by atoms with E-state index in [9.17, 15) is 0 Å². The van der Waals surface area contributed by atoms with Gasteiger partial charge in [-0.3, -0.25) is 15.1 Å². The summed E-state index contributed by atoms with van der Waals surface area (Å²) in [5, 5.41) is 37.1. The third-order valence-electron chi connectivity index (χ3n) is 5.67. The van der Waals surface area contributed by atoms with E-state index >= 15 is 0 Å². The molecule has 0 aliphatic heterocycles. The first-order chi connectivity index (χ1) is 32.5. The van der Waals surface area contributed by atoms with Crippen molar-refractivity contribution in [2.75, 3.05) is 0 Å². The number of imidazole rings is 1. The number of nitrogens with zero attached hydrogens (tertiary/aromatic N) is 11. The molecular formula is C43H46N16O3S3. The molecule has 0 aliphatic rings. The highest BCUT2D eigenvalue weighted by Crippen LogP contribution is 2.03. The third-order valence-corrected chi connectivity index (χ3v) is 7.34. The molecule has 12 heterocycles. The van der Waals surface area contributed by atoms with E-state index in [0.29, 0.717) is 0 Å². The molecular weight excluding hydrogens is 885 g/mol. The van der Waals surface area contributed by atoms with Crippen LogP contribution in [0.1, 0.15) is 0 Å². The Morgan fingerprint density at radius 3 is 1.46 bits per heavy atom. The Labute approximate surface area is 386 Å². The zero-order chi connectivity index (χ0) is 45.7. The van der Waals surface area contributed by atoms with Crippen molar-refractivity contribution in [3.63, 3.8) is 0 Å². The summed E-state index contributed by atoms with van der Waals surface area (Å²) in [6.07, 6.45) is 33.3. The Bertz CT molecular complexity index is 1820. The predicted molar refractivity (Wildman–Crippen MR) is 253 cm³/mol. The van der Waals surface area contributed by atoms with Crippen LogP contribution in [0.5, 0.6) is 0 Å². The molecule has 5 N–H and O–H groups in total. The molecule has 0 radical (unpaired) electrons. The second-order valence-corrected chi connectivity index (χ2v) is 12.5. The fraction of sp³-hybridized carbons (Fsp3) is 0. The van der Waals surface area contributed by atoms with Gasteiger partial charge in [0.05, 0.1) is 49.2 Å². The van der Waals surface area contributed by atoms with Crippen LogP contribution in [0.3, 0.4) is 0 Å². The van der Waals surface area contributed by atoms with Gasteiger partial charge in [-0.2, -0.15) is 47.3 Å². The number of hydrogen-bond acceptors (Lipinski definition) is 17. The summed E-state index contributed by atoms with van der Waals surface area (Å²) >= 11 is 4.78. The fourth-order valence-corrected chi connectivity index (χ4v) is 4.29. The van der Waals surface area contributed by atoms with Crippen LogP contribution in [-0.4, -0.2) is 80.5 Å². The van der Waals surface area contributed by atoms with Gasteiger partial charge in [0.1, 0.15) is 23.6 Å². The summed E-state index contributed by atoms with van der Waals surface area (Å²) in [5.41, 5.74) is 3.62. The molecule has 0 saturated carbocycles. The lowest BCUT2D eigenvalue weighted by atomic mass is 10.3. The smallest absolute Gasteiger partial charge is 0.180 e. The van der Waals surface area contributed by atoms with Crippen molar-refractivity contribution < 1.29 is 13.4 Å². The van der Waals surface area contributed by atoms with Crippen molar-refractivity contribution in [1.29, 1.82) is 0 Å². The minimum Gasteiger partial charge on any atom is -0.473 e. The van der Waals surface area contributed by atoms with E-state index in [1.165, 1.54) is 30.5 Å². The number of hydrogen-bond donors (Lipinski definition) is 5. The van der Waals surface area contributed by atoms with Crippen LogP contribution in [0.25, 0.3) is 11.0 Å². The predicted octanol–water partition coefficient (Wildman–Crippen LogP) is 10.3. The van der Waals surface area contributed by atoms with Gasteiger partial charge in [0, 0.05) is 72.7 Å². The van der Waals surface area contributed by atoms with Crippen LogP contribution in [0.15, 0.2) is 262 Å². The largest absolute Gasteiger partial charge is 0.473 e. The Morgan fingerprint density at radius 2 is 1.22 bits per heavy atom. The number of pyridine rings is 1. The molecule has 12 aromatic heterocycles. The number of aromatic nitrogens is 16. The molecule has 0 saturated heterocycles. The van der Waals surface area contributed by atoms with Gasteiger partial charge in [0.15, 0.2) is 6.39 Å². The standard InChI is InChI=1S/C6H5N3.C5H5N.C4H5N.C4H4O.C4H4S.2C3H4N2.2C3H3NO.2C3H3NS.C2H3N3/c1-2-4-6-5(3-1)7-9-8-6;1-2-4-6-5-3-1;3*1-2-4-5-3-1;1-2-5-3-4-1;1-2-4-5-3-1;1-2-5-3-4-1;1-2-4-5-3-1;1-2-5-3-4-1;2*1-2-4-5-3-1/h1-4H,(H,7,8,9);1-5H;1-5H;2*1-4H;2*1-3H,(H,4,5);4*1-3H;1-2H,(H,3,4,5). The highest BCUT2D eigenvalue weighted by atomic mass is 32.1. The fourth-order valence-electron chi connectivity index (χ4n) is 3.13. The van der Waals surface area contributed by atoms with Crippen LogP contribution in [0, 0.1) is 0 Å². The second-order valence-electron chi connectivity index (χ2n) is 10.2. The Kier molecular flexibility index (Phi) is 36.1. The molecule has 65 heavy (non-hydrogen) atoms. The molecule has 13 aromatic rings. The van der Waals surface area contributed by atoms with Gasteiger partial charge in [0.2, 0.25) is 0 Å². The monoisotopic (exact) mass is 930 g/mol. The summed E-state index contributed by atoms with van der Waals surface area (Å²) in [7, 11) is 0. The Hall–Kier alpha value is -8.73. The lowest BCUT2D eigenvalue weighted by Crippen LogP contribution is -1.63. The van der Waals surface area contributed by atoms with Crippen molar-refractivity contribution >= 4 is 45.2 Å². The molecule has 0 aliphatic carbocycles.